The van der Waals surface area contributed by atoms with Crippen LogP contribution in [-0.2, 0) is 40.9 Å². The number of fused-ring (bicyclic) bond motifs is 1. The predicted molar refractivity (Wildman–Crippen MR) is 129 cm³/mol. The first-order valence-corrected chi connectivity index (χ1v) is 13.0. The van der Waals surface area contributed by atoms with Crippen LogP contribution in [0.25, 0.3) is 0 Å². The highest BCUT2D eigenvalue weighted by molar-refractivity contribution is 7.49. The lowest BCUT2D eigenvalue weighted by Crippen LogP contribution is -2.33. The van der Waals surface area contributed by atoms with Crippen molar-refractivity contribution < 1.29 is 32.4 Å². The zero-order valence-corrected chi connectivity index (χ0v) is 21.4. The molecule has 12 heteroatoms. The number of rotatable bonds is 7. The number of hydrogen-bond donors (Lipinski definition) is 1. The number of hydrogen-bond acceptors (Lipinski definition) is 9. The van der Waals surface area contributed by atoms with Crippen LogP contribution in [0.1, 0.15) is 50.1 Å². The summed E-state index contributed by atoms with van der Waals surface area (Å²) in [6, 6.07) is 5.38. The van der Waals surface area contributed by atoms with Crippen LogP contribution >= 0.6 is 7.82 Å². The third kappa shape index (κ3) is 6.22. The summed E-state index contributed by atoms with van der Waals surface area (Å²) in [5.41, 5.74) is 0.0896. The van der Waals surface area contributed by atoms with Crippen molar-refractivity contribution in [2.75, 3.05) is 6.61 Å². The molecule has 0 amide bonds. The molecule has 1 unspecified atom stereocenters. The summed E-state index contributed by atoms with van der Waals surface area (Å²) >= 11 is 0. The van der Waals surface area contributed by atoms with Gasteiger partial charge in [-0.1, -0.05) is 24.3 Å². The van der Waals surface area contributed by atoms with Crippen molar-refractivity contribution in [3.05, 3.63) is 74.1 Å². The molecule has 1 aromatic carbocycles. The Hall–Kier alpha value is -2.98. The van der Waals surface area contributed by atoms with E-state index in [9.17, 15) is 18.9 Å². The second-order valence-electron chi connectivity index (χ2n) is 9.53. The Morgan fingerprint density at radius 2 is 2.03 bits per heavy atom. The molecule has 0 spiro atoms. The van der Waals surface area contributed by atoms with E-state index in [0.29, 0.717) is 28.9 Å². The number of phosphoric ester groups is 1. The topological polar surface area (TPSA) is 135 Å². The van der Waals surface area contributed by atoms with Crippen molar-refractivity contribution in [2.45, 2.75) is 65.1 Å². The van der Waals surface area contributed by atoms with Crippen LogP contribution in [0.2, 0.25) is 0 Å². The van der Waals surface area contributed by atoms with Crippen LogP contribution in [0.15, 0.2) is 46.1 Å². The molecular weight excluding hydrogens is 491 g/mol. The molecule has 0 bridgehead atoms. The van der Waals surface area contributed by atoms with Gasteiger partial charge >= 0.3 is 19.5 Å². The van der Waals surface area contributed by atoms with Gasteiger partial charge < -0.3 is 14.0 Å². The summed E-state index contributed by atoms with van der Waals surface area (Å²) in [7, 11) is -3.97. The van der Waals surface area contributed by atoms with Crippen molar-refractivity contribution >= 4 is 13.8 Å². The number of para-hydroxylation sites is 1. The molecule has 11 nitrogen and oxygen atoms in total. The zero-order chi connectivity index (χ0) is 26.1. The number of aromatic amines is 1. The Labute approximate surface area is 207 Å². The lowest BCUT2D eigenvalue weighted by atomic mass is 10.0. The van der Waals surface area contributed by atoms with Gasteiger partial charge in [0, 0.05) is 23.7 Å². The predicted octanol–water partition coefficient (Wildman–Crippen LogP) is 3.31. The number of carbonyl (C=O) groups is 1. The minimum absolute atomic E-state index is 0.0168. The second-order valence-corrected chi connectivity index (χ2v) is 11.1. The Kier molecular flexibility index (Phi) is 7.38. The molecule has 0 aliphatic carbocycles. The Morgan fingerprint density at radius 3 is 2.78 bits per heavy atom. The van der Waals surface area contributed by atoms with Crippen molar-refractivity contribution in [3.63, 3.8) is 0 Å². The van der Waals surface area contributed by atoms with E-state index in [2.05, 4.69) is 4.98 Å². The number of aryl methyl sites for hydroxylation is 2. The van der Waals surface area contributed by atoms with Crippen LogP contribution < -0.4 is 15.8 Å². The Balaban J connectivity index is 1.37. The van der Waals surface area contributed by atoms with Crippen molar-refractivity contribution in [1.82, 2.24) is 9.55 Å². The summed E-state index contributed by atoms with van der Waals surface area (Å²) in [6.45, 7) is 6.84. The number of esters is 1. The summed E-state index contributed by atoms with van der Waals surface area (Å²) in [5, 5.41) is 0. The smallest absolute Gasteiger partial charge is 0.460 e. The van der Waals surface area contributed by atoms with E-state index >= 15 is 0 Å². The lowest BCUT2D eigenvalue weighted by Gasteiger charge is -2.27. The highest BCUT2D eigenvalue weighted by Crippen LogP contribution is 2.55. The van der Waals surface area contributed by atoms with Gasteiger partial charge in [0.1, 0.15) is 17.5 Å². The van der Waals surface area contributed by atoms with Gasteiger partial charge in [-0.25, -0.2) is 9.36 Å². The standard InChI is InChI=1S/C24H29N2O9P/c1-15-12-26(23(29)25-22(15)28)19-10-9-18(33-19)14-32-36(30)31-13-17-7-5-6-16(21(17)35-36)8-11-20(27)34-24(2,3)4/h5-7,9-10,12,18-19H,8,11,13-14H2,1-4H3,(H,25,28,29)/t18-,19+,36?/m0/s1. The molecule has 2 aliphatic rings. The molecule has 2 aliphatic heterocycles. The van der Waals surface area contributed by atoms with Gasteiger partial charge in [0.2, 0.25) is 0 Å². The van der Waals surface area contributed by atoms with E-state index in [1.54, 1.807) is 52.0 Å². The quantitative estimate of drug-likeness (QED) is 0.331. The summed E-state index contributed by atoms with van der Waals surface area (Å²) in [5.74, 6) is 0.0229. The lowest BCUT2D eigenvalue weighted by molar-refractivity contribution is -0.154. The molecule has 194 valence electrons. The summed E-state index contributed by atoms with van der Waals surface area (Å²) < 4.78 is 42.2. The highest BCUT2D eigenvalue weighted by Gasteiger charge is 2.37. The molecule has 0 saturated carbocycles. The molecule has 3 heterocycles. The maximum atomic E-state index is 13.2. The fourth-order valence-corrected chi connectivity index (χ4v) is 4.99. The molecule has 2 aromatic rings. The van der Waals surface area contributed by atoms with Crippen LogP contribution in [-0.4, -0.2) is 33.8 Å². The average Bonchev–Trinajstić information content (AvgIpc) is 3.26. The van der Waals surface area contributed by atoms with E-state index in [1.165, 1.54) is 10.8 Å². The number of ether oxygens (including phenoxy) is 2. The molecular formula is C24H29N2O9P. The van der Waals surface area contributed by atoms with Crippen LogP contribution in [0.4, 0.5) is 0 Å². The van der Waals surface area contributed by atoms with Gasteiger partial charge in [0.15, 0.2) is 6.23 Å². The molecule has 0 saturated heterocycles. The largest absolute Gasteiger partial charge is 0.530 e. The van der Waals surface area contributed by atoms with Crippen LogP contribution in [0.5, 0.6) is 5.75 Å². The number of nitrogens with one attached hydrogen (secondary N) is 1. The molecule has 36 heavy (non-hydrogen) atoms. The number of aromatic nitrogens is 2. The van der Waals surface area contributed by atoms with E-state index in [1.807, 2.05) is 6.07 Å². The van der Waals surface area contributed by atoms with Gasteiger partial charge in [-0.2, -0.15) is 0 Å². The summed E-state index contributed by atoms with van der Waals surface area (Å²) in [6.07, 6.45) is 3.79. The van der Waals surface area contributed by atoms with Gasteiger partial charge in [-0.15, -0.1) is 0 Å². The first kappa shape index (κ1) is 26.1. The van der Waals surface area contributed by atoms with Gasteiger partial charge in [0.05, 0.1) is 13.2 Å². The van der Waals surface area contributed by atoms with E-state index in [-0.39, 0.29) is 25.6 Å². The zero-order valence-electron chi connectivity index (χ0n) is 20.5. The van der Waals surface area contributed by atoms with Crippen LogP contribution in [0, 0.1) is 6.92 Å². The number of benzene rings is 1. The fraction of sp³-hybridized carbons (Fsp3) is 0.458. The van der Waals surface area contributed by atoms with Crippen molar-refractivity contribution in [3.8, 4) is 5.75 Å². The van der Waals surface area contributed by atoms with E-state index in [4.69, 9.17) is 23.0 Å². The number of nitrogens with zero attached hydrogens (tertiary/aromatic N) is 1. The van der Waals surface area contributed by atoms with Crippen LogP contribution in [0.3, 0.4) is 0 Å². The Morgan fingerprint density at radius 1 is 1.25 bits per heavy atom. The molecule has 1 N–H and O–H groups in total. The van der Waals surface area contributed by atoms with Crippen molar-refractivity contribution in [1.29, 1.82) is 0 Å². The van der Waals surface area contributed by atoms with Gasteiger partial charge in [0.25, 0.3) is 5.56 Å². The van der Waals surface area contributed by atoms with Gasteiger partial charge in [-0.05, 0) is 45.8 Å². The first-order chi connectivity index (χ1) is 16.9. The minimum atomic E-state index is -3.97. The molecule has 0 fully saturated rings. The maximum absolute atomic E-state index is 13.2. The number of H-pyrrole nitrogens is 1. The van der Waals surface area contributed by atoms with E-state index < -0.39 is 37.0 Å². The SMILES string of the molecule is Cc1cn([C@H]2C=C[C@@H](COP3(=O)OCc4cccc(CCC(=O)OC(C)(C)C)c4O3)O2)c(=O)[nH]c1=O. The third-order valence-electron chi connectivity index (χ3n) is 5.40. The molecule has 3 atom stereocenters. The third-order valence-corrected chi connectivity index (χ3v) is 6.72. The normalized spacial score (nSPS) is 23.2. The number of phosphoric acid groups is 1. The molecule has 0 radical (unpaired) electrons. The molecule has 1 aromatic heterocycles. The average molecular weight is 520 g/mol. The monoisotopic (exact) mass is 520 g/mol. The number of carbonyl (C=O) groups excluding carboxylic acids is 1. The maximum Gasteiger partial charge on any atom is 0.530 e. The van der Waals surface area contributed by atoms with E-state index in [0.717, 1.165) is 0 Å². The highest BCUT2D eigenvalue weighted by atomic mass is 31.2. The fourth-order valence-electron chi connectivity index (χ4n) is 3.73. The van der Waals surface area contributed by atoms with Crippen molar-refractivity contribution in [2.24, 2.45) is 0 Å². The minimum Gasteiger partial charge on any atom is -0.460 e. The van der Waals surface area contributed by atoms with Gasteiger partial charge in [-0.3, -0.25) is 28.2 Å². The molecule has 4 rings (SSSR count). The summed E-state index contributed by atoms with van der Waals surface area (Å²) in [4.78, 5) is 38.1. The first-order valence-electron chi connectivity index (χ1n) is 11.5. The second kappa shape index (κ2) is 10.2. The Bertz CT molecular complexity index is 1340.